The van der Waals surface area contributed by atoms with E-state index in [0.29, 0.717) is 11.5 Å². The molecule has 1 amide bonds. The lowest BCUT2D eigenvalue weighted by Crippen LogP contribution is -3.12. The van der Waals surface area contributed by atoms with E-state index in [0.717, 1.165) is 42.8 Å². The summed E-state index contributed by atoms with van der Waals surface area (Å²) in [6.45, 7) is 6.16. The number of hydrogen-bond acceptors (Lipinski definition) is 4. The summed E-state index contributed by atoms with van der Waals surface area (Å²) in [5.41, 5.74) is 1.06. The Morgan fingerprint density at radius 3 is 2.60 bits per heavy atom. The van der Waals surface area contributed by atoms with E-state index in [1.807, 2.05) is 13.8 Å². The zero-order chi connectivity index (χ0) is 14.7. The molecule has 1 aliphatic carbocycles. The summed E-state index contributed by atoms with van der Waals surface area (Å²) in [6.07, 6.45) is 2.66. The standard InChI is InChI=1S/C14H20N2O3S/c1-3-16(4-2)8-11(17)15-13-12(14(18)19)9-6-5-7-10(9)20-13/h3-8H2,1-2H3,(H,15,17)(H,18,19). The predicted octanol–water partition coefficient (Wildman–Crippen LogP) is -0.536. The molecule has 0 aliphatic heterocycles. The summed E-state index contributed by atoms with van der Waals surface area (Å²) in [5, 5.41) is 14.5. The van der Waals surface area contributed by atoms with Gasteiger partial charge in [-0.3, -0.25) is 4.79 Å². The Labute approximate surface area is 122 Å². The highest BCUT2D eigenvalue weighted by Gasteiger charge is 2.24. The van der Waals surface area contributed by atoms with Gasteiger partial charge in [-0.2, -0.15) is 0 Å². The third-order valence-corrected chi connectivity index (χ3v) is 5.00. The first-order valence-electron chi connectivity index (χ1n) is 7.06. The van der Waals surface area contributed by atoms with E-state index in [4.69, 9.17) is 0 Å². The SMILES string of the molecule is CC[NH+](CC)CC(=O)Nc1sc2c(c1C(=O)[O-])CCC2. The first kappa shape index (κ1) is 15.0. The Hall–Kier alpha value is -1.40. The molecule has 5 nitrogen and oxygen atoms in total. The molecule has 1 aliphatic rings. The zero-order valence-corrected chi connectivity index (χ0v) is 12.7. The van der Waals surface area contributed by atoms with E-state index in [1.165, 1.54) is 16.2 Å². The third kappa shape index (κ3) is 3.02. The molecular formula is C14H20N2O3S. The van der Waals surface area contributed by atoms with Crippen LogP contribution in [-0.2, 0) is 17.6 Å². The summed E-state index contributed by atoms with van der Waals surface area (Å²) >= 11 is 1.39. The molecule has 0 atom stereocenters. The summed E-state index contributed by atoms with van der Waals surface area (Å²) < 4.78 is 0. The maximum atomic E-state index is 12.0. The molecule has 1 heterocycles. The topological polar surface area (TPSA) is 73.7 Å². The Morgan fingerprint density at radius 2 is 2.00 bits per heavy atom. The number of aromatic carboxylic acids is 1. The number of thiophene rings is 1. The third-order valence-electron chi connectivity index (χ3n) is 3.79. The molecular weight excluding hydrogens is 276 g/mol. The van der Waals surface area contributed by atoms with Crippen molar-refractivity contribution in [3.8, 4) is 0 Å². The van der Waals surface area contributed by atoms with Crippen molar-refractivity contribution in [2.75, 3.05) is 25.0 Å². The molecule has 0 saturated heterocycles. The lowest BCUT2D eigenvalue weighted by Gasteiger charge is -2.15. The average molecular weight is 296 g/mol. The molecule has 1 aromatic heterocycles. The van der Waals surface area contributed by atoms with Gasteiger partial charge in [0.25, 0.3) is 5.91 Å². The number of carbonyl (C=O) groups is 2. The Morgan fingerprint density at radius 1 is 1.30 bits per heavy atom. The smallest absolute Gasteiger partial charge is 0.280 e. The molecule has 2 N–H and O–H groups in total. The van der Waals surface area contributed by atoms with Gasteiger partial charge in [-0.25, -0.2) is 0 Å². The largest absolute Gasteiger partial charge is 0.545 e. The average Bonchev–Trinajstić information content (AvgIpc) is 2.95. The van der Waals surface area contributed by atoms with Crippen molar-refractivity contribution in [1.82, 2.24) is 0 Å². The van der Waals surface area contributed by atoms with Crippen molar-refractivity contribution < 1.29 is 19.6 Å². The number of anilines is 1. The lowest BCUT2D eigenvalue weighted by atomic mass is 10.1. The van der Waals surface area contributed by atoms with Crippen LogP contribution in [0.3, 0.4) is 0 Å². The molecule has 0 spiro atoms. The molecule has 2 rings (SSSR count). The number of carbonyl (C=O) groups excluding carboxylic acids is 2. The van der Waals surface area contributed by atoms with Crippen molar-refractivity contribution in [2.24, 2.45) is 0 Å². The normalized spacial score (nSPS) is 13.6. The number of rotatable bonds is 6. The van der Waals surface area contributed by atoms with E-state index in [2.05, 4.69) is 5.32 Å². The van der Waals surface area contributed by atoms with Gasteiger partial charge in [-0.15, -0.1) is 11.3 Å². The first-order valence-corrected chi connectivity index (χ1v) is 7.87. The van der Waals surface area contributed by atoms with E-state index in [1.54, 1.807) is 0 Å². The minimum Gasteiger partial charge on any atom is -0.545 e. The van der Waals surface area contributed by atoms with Crippen LogP contribution >= 0.6 is 11.3 Å². The zero-order valence-electron chi connectivity index (χ0n) is 11.9. The van der Waals surface area contributed by atoms with Gasteiger partial charge in [-0.05, 0) is 38.7 Å². The maximum Gasteiger partial charge on any atom is 0.280 e. The molecule has 1 aromatic rings. The number of hydrogen-bond donors (Lipinski definition) is 2. The molecule has 0 aromatic carbocycles. The van der Waals surface area contributed by atoms with Gasteiger partial charge in [0.05, 0.1) is 19.1 Å². The highest BCUT2D eigenvalue weighted by atomic mass is 32.1. The highest BCUT2D eigenvalue weighted by molar-refractivity contribution is 7.17. The van der Waals surface area contributed by atoms with Gasteiger partial charge < -0.3 is 20.1 Å². The van der Waals surface area contributed by atoms with E-state index in [9.17, 15) is 14.7 Å². The van der Waals surface area contributed by atoms with Gasteiger partial charge in [0.2, 0.25) is 0 Å². The number of quaternary nitrogens is 1. The number of likely N-dealkylation sites (N-methyl/N-ethyl adjacent to an activating group) is 1. The van der Waals surface area contributed by atoms with Crippen molar-refractivity contribution in [1.29, 1.82) is 0 Å². The van der Waals surface area contributed by atoms with Gasteiger partial charge in [-0.1, -0.05) is 0 Å². The Balaban J connectivity index is 2.14. The second-order valence-corrected chi connectivity index (χ2v) is 6.14. The van der Waals surface area contributed by atoms with Gasteiger partial charge in [0.15, 0.2) is 6.54 Å². The Kier molecular flexibility index (Phi) is 4.77. The van der Waals surface area contributed by atoms with Crippen LogP contribution in [0.1, 0.15) is 41.1 Å². The van der Waals surface area contributed by atoms with Crippen LogP contribution in [0.5, 0.6) is 0 Å². The van der Waals surface area contributed by atoms with Gasteiger partial charge in [0, 0.05) is 10.4 Å². The van der Waals surface area contributed by atoms with Crippen LogP contribution in [0.4, 0.5) is 5.00 Å². The van der Waals surface area contributed by atoms with Crippen LogP contribution in [-0.4, -0.2) is 31.5 Å². The molecule has 0 saturated carbocycles. The number of carboxylic acids is 1. The summed E-state index contributed by atoms with van der Waals surface area (Å²) in [7, 11) is 0. The van der Waals surface area contributed by atoms with E-state index in [-0.39, 0.29) is 11.5 Å². The number of carboxylic acid groups (broad SMARTS) is 1. The predicted molar refractivity (Wildman–Crippen MR) is 76.2 cm³/mol. The number of fused-ring (bicyclic) bond motifs is 1. The van der Waals surface area contributed by atoms with Gasteiger partial charge >= 0.3 is 0 Å². The lowest BCUT2D eigenvalue weighted by molar-refractivity contribution is -0.888. The van der Waals surface area contributed by atoms with Crippen molar-refractivity contribution >= 4 is 28.2 Å². The number of aryl methyl sites for hydroxylation is 1. The molecule has 6 heteroatoms. The minimum absolute atomic E-state index is 0.133. The fourth-order valence-electron chi connectivity index (χ4n) is 2.61. The van der Waals surface area contributed by atoms with Crippen molar-refractivity contribution in [2.45, 2.75) is 33.1 Å². The van der Waals surface area contributed by atoms with Crippen LogP contribution in [0.25, 0.3) is 0 Å². The first-order chi connectivity index (χ1) is 9.56. The second kappa shape index (κ2) is 6.37. The molecule has 20 heavy (non-hydrogen) atoms. The Bertz CT molecular complexity index is 521. The number of nitrogens with one attached hydrogen (secondary N) is 2. The van der Waals surface area contributed by atoms with Crippen LogP contribution in [0, 0.1) is 0 Å². The maximum absolute atomic E-state index is 12.0. The summed E-state index contributed by atoms with van der Waals surface area (Å²) in [4.78, 5) is 25.5. The number of amides is 1. The summed E-state index contributed by atoms with van der Waals surface area (Å²) in [5.74, 6) is -1.32. The van der Waals surface area contributed by atoms with Crippen LogP contribution in [0.2, 0.25) is 0 Å². The molecule has 0 fully saturated rings. The monoisotopic (exact) mass is 296 g/mol. The van der Waals surface area contributed by atoms with E-state index >= 15 is 0 Å². The van der Waals surface area contributed by atoms with E-state index < -0.39 is 5.97 Å². The quantitative estimate of drug-likeness (QED) is 0.741. The fourth-order valence-corrected chi connectivity index (χ4v) is 3.90. The van der Waals surface area contributed by atoms with Crippen molar-refractivity contribution in [3.05, 3.63) is 16.0 Å². The minimum atomic E-state index is -1.19. The van der Waals surface area contributed by atoms with Crippen molar-refractivity contribution in [3.63, 3.8) is 0 Å². The fraction of sp³-hybridized carbons (Fsp3) is 0.571. The molecule has 0 unspecified atom stereocenters. The van der Waals surface area contributed by atoms with Gasteiger partial charge in [0.1, 0.15) is 5.00 Å². The second-order valence-electron chi connectivity index (χ2n) is 5.03. The molecule has 110 valence electrons. The highest BCUT2D eigenvalue weighted by Crippen LogP contribution is 2.38. The molecule has 0 radical (unpaired) electrons. The van der Waals surface area contributed by atoms with Crippen LogP contribution < -0.4 is 15.3 Å². The summed E-state index contributed by atoms with van der Waals surface area (Å²) in [6, 6.07) is 0. The van der Waals surface area contributed by atoms with Crippen LogP contribution in [0.15, 0.2) is 0 Å². The molecule has 0 bridgehead atoms.